The van der Waals surface area contributed by atoms with Crippen molar-refractivity contribution in [3.05, 3.63) is 23.3 Å². The van der Waals surface area contributed by atoms with Crippen LogP contribution < -0.4 is 14.7 Å². The van der Waals surface area contributed by atoms with Crippen LogP contribution >= 0.6 is 0 Å². The Hall–Kier alpha value is -1.64. The molecule has 0 unspecified atom stereocenters. The monoisotopic (exact) mass is 302 g/mol. The summed E-state index contributed by atoms with van der Waals surface area (Å²) < 4.78 is 26.6. The molecule has 0 aliphatic heterocycles. The first kappa shape index (κ1) is 16.4. The lowest BCUT2D eigenvalue weighted by molar-refractivity contribution is -0.856. The molecule has 1 aromatic carbocycles. The summed E-state index contributed by atoms with van der Waals surface area (Å²) in [5, 5.41) is 20.3. The first-order valence-corrected chi connectivity index (χ1v) is 7.47. The van der Waals surface area contributed by atoms with Crippen molar-refractivity contribution in [3.63, 3.8) is 0 Å². The fourth-order valence-electron chi connectivity index (χ4n) is 1.63. The molecule has 0 saturated carbocycles. The summed E-state index contributed by atoms with van der Waals surface area (Å²) in [7, 11) is -0.0585. The van der Waals surface area contributed by atoms with Gasteiger partial charge in [0, 0.05) is 0 Å². The first-order valence-electron chi connectivity index (χ1n) is 5.99. The zero-order valence-electron chi connectivity index (χ0n) is 11.6. The molecule has 1 rings (SSSR count). The minimum Gasteiger partial charge on any atom is -0.872 e. The van der Waals surface area contributed by atoms with Crippen LogP contribution in [0.4, 0.5) is 0 Å². The number of likely N-dealkylation sites (N-methyl/N-ethyl adjacent to an activating group) is 1. The van der Waals surface area contributed by atoms with Crippen molar-refractivity contribution in [2.75, 3.05) is 27.2 Å². The van der Waals surface area contributed by atoms with Gasteiger partial charge in [-0.3, -0.25) is 0 Å². The van der Waals surface area contributed by atoms with Crippen LogP contribution in [0.1, 0.15) is 15.9 Å². The average molecular weight is 302 g/mol. The Morgan fingerprint density at radius 3 is 2.50 bits per heavy atom. The second-order valence-electron chi connectivity index (χ2n) is 4.77. The van der Waals surface area contributed by atoms with Gasteiger partial charge in [0.05, 0.1) is 37.6 Å². The molecule has 0 heterocycles. The number of hydrogen-bond acceptors (Lipinski definition) is 4. The molecule has 0 spiro atoms. The average Bonchev–Trinajstić information content (AvgIpc) is 2.26. The fraction of sp³-hybridized carbons (Fsp3) is 0.417. The van der Waals surface area contributed by atoms with Crippen LogP contribution in [0, 0.1) is 6.92 Å². The van der Waals surface area contributed by atoms with E-state index in [2.05, 4.69) is 4.72 Å². The van der Waals surface area contributed by atoms with Gasteiger partial charge in [0.15, 0.2) is 0 Å². The van der Waals surface area contributed by atoms with Crippen LogP contribution in [0.25, 0.3) is 0 Å². The maximum atomic E-state index is 12.1. The summed E-state index contributed by atoms with van der Waals surface area (Å²) >= 11 is 0. The standard InChI is InChI=1S/C12H18N2O5S/c1-8-6-10(15)9(12(16)17)7-11(8)20(18,19)13-4-5-14(2)3/h6-7,13,15H,4-5H2,1-3H3,(H,16,17). The normalized spacial score (nSPS) is 11.8. The quantitative estimate of drug-likeness (QED) is 0.573. The molecule has 0 radical (unpaired) electrons. The number of quaternary nitrogens is 1. The van der Waals surface area contributed by atoms with E-state index >= 15 is 0 Å². The molecule has 0 aliphatic carbocycles. The number of rotatable bonds is 6. The minimum absolute atomic E-state index is 0.178. The van der Waals surface area contributed by atoms with Gasteiger partial charge in [0.1, 0.15) is 0 Å². The molecule has 1 aromatic rings. The van der Waals surface area contributed by atoms with Crippen LogP contribution in [0.2, 0.25) is 0 Å². The van der Waals surface area contributed by atoms with E-state index in [0.717, 1.165) is 17.0 Å². The van der Waals surface area contributed by atoms with Gasteiger partial charge in [-0.25, -0.2) is 17.9 Å². The molecule has 0 aromatic heterocycles. The van der Waals surface area contributed by atoms with Crippen LogP contribution in [-0.4, -0.2) is 46.7 Å². The van der Waals surface area contributed by atoms with Crippen molar-refractivity contribution in [1.82, 2.24) is 4.72 Å². The summed E-state index contributed by atoms with van der Waals surface area (Å²) in [6, 6.07) is 1.93. The third kappa shape index (κ3) is 3.92. The summed E-state index contributed by atoms with van der Waals surface area (Å²) in [5.41, 5.74) is -0.320. The largest absolute Gasteiger partial charge is 0.872 e. The highest BCUT2D eigenvalue weighted by atomic mass is 32.2. The predicted molar refractivity (Wildman–Crippen MR) is 70.5 cm³/mol. The number of nitrogens with one attached hydrogen (secondary N) is 2. The molecule has 0 atom stereocenters. The Labute approximate surface area is 117 Å². The second kappa shape index (κ2) is 6.21. The highest BCUT2D eigenvalue weighted by Crippen LogP contribution is 2.23. The maximum absolute atomic E-state index is 12.1. The van der Waals surface area contributed by atoms with Crippen molar-refractivity contribution in [3.8, 4) is 5.75 Å². The van der Waals surface area contributed by atoms with Crippen LogP contribution in [0.3, 0.4) is 0 Å². The fourth-order valence-corrected chi connectivity index (χ4v) is 2.91. The zero-order chi connectivity index (χ0) is 15.5. The Bertz CT molecular complexity index is 611. The number of aryl methyl sites for hydroxylation is 1. The van der Waals surface area contributed by atoms with E-state index in [-0.39, 0.29) is 17.0 Å². The predicted octanol–water partition coefficient (Wildman–Crippen LogP) is -1.81. The Balaban J connectivity index is 3.11. The van der Waals surface area contributed by atoms with Crippen LogP contribution in [0.5, 0.6) is 5.75 Å². The molecule has 7 nitrogen and oxygen atoms in total. The molecule has 0 saturated heterocycles. The molecule has 3 N–H and O–H groups in total. The van der Waals surface area contributed by atoms with Crippen molar-refractivity contribution in [1.29, 1.82) is 0 Å². The number of carbonyl (C=O) groups is 1. The summed E-state index contributed by atoms with van der Waals surface area (Å²) in [5.74, 6) is -2.14. The van der Waals surface area contributed by atoms with Gasteiger partial charge in [0.2, 0.25) is 10.0 Å². The van der Waals surface area contributed by atoms with Crippen molar-refractivity contribution >= 4 is 16.0 Å². The third-order valence-corrected chi connectivity index (χ3v) is 4.32. The number of carboxylic acid groups (broad SMARTS) is 1. The van der Waals surface area contributed by atoms with Crippen LogP contribution in [0.15, 0.2) is 17.0 Å². The lowest BCUT2D eigenvalue weighted by atomic mass is 10.1. The molecular formula is C12H18N2O5S. The number of sulfonamides is 1. The van der Waals surface area contributed by atoms with Crippen molar-refractivity contribution in [2.45, 2.75) is 11.8 Å². The van der Waals surface area contributed by atoms with E-state index in [0.29, 0.717) is 6.54 Å². The van der Waals surface area contributed by atoms with Gasteiger partial charge in [-0.15, -0.1) is 0 Å². The van der Waals surface area contributed by atoms with E-state index in [1.54, 1.807) is 0 Å². The Kier molecular flexibility index (Phi) is 5.09. The SMILES string of the molecule is Cc1cc([O-])c(C(=O)O)cc1S(=O)(=O)NCC[NH+](C)C. The van der Waals surface area contributed by atoms with E-state index < -0.39 is 27.3 Å². The van der Waals surface area contributed by atoms with Crippen molar-refractivity contribution < 1.29 is 28.3 Å². The summed E-state index contributed by atoms with van der Waals surface area (Å²) in [6.07, 6.45) is 0. The summed E-state index contributed by atoms with van der Waals surface area (Å²) in [6.45, 7) is 2.27. The lowest BCUT2D eigenvalue weighted by Gasteiger charge is -2.16. The molecular weight excluding hydrogens is 284 g/mol. The number of aromatic carboxylic acids is 1. The van der Waals surface area contributed by atoms with Crippen LogP contribution in [-0.2, 0) is 10.0 Å². The number of benzene rings is 1. The summed E-state index contributed by atoms with van der Waals surface area (Å²) in [4.78, 5) is 11.8. The molecule has 0 aliphatic rings. The Morgan fingerprint density at radius 2 is 2.00 bits per heavy atom. The van der Waals surface area contributed by atoms with Gasteiger partial charge in [-0.05, 0) is 18.6 Å². The van der Waals surface area contributed by atoms with E-state index in [1.165, 1.54) is 6.92 Å². The highest BCUT2D eigenvalue weighted by molar-refractivity contribution is 7.89. The smallest absolute Gasteiger partial charge is 0.335 e. The van der Waals surface area contributed by atoms with Gasteiger partial charge >= 0.3 is 5.97 Å². The second-order valence-corrected chi connectivity index (χ2v) is 6.51. The van der Waals surface area contributed by atoms with E-state index in [1.807, 2.05) is 14.1 Å². The third-order valence-electron chi connectivity index (χ3n) is 2.71. The minimum atomic E-state index is -3.82. The van der Waals surface area contributed by atoms with Gasteiger partial charge in [-0.2, -0.15) is 0 Å². The van der Waals surface area contributed by atoms with E-state index in [9.17, 15) is 18.3 Å². The highest BCUT2D eigenvalue weighted by Gasteiger charge is 2.19. The van der Waals surface area contributed by atoms with Gasteiger partial charge in [-0.1, -0.05) is 11.8 Å². The van der Waals surface area contributed by atoms with Gasteiger partial charge in [0.25, 0.3) is 0 Å². The maximum Gasteiger partial charge on any atom is 0.335 e. The molecule has 0 bridgehead atoms. The number of hydrogen-bond donors (Lipinski definition) is 3. The van der Waals surface area contributed by atoms with E-state index in [4.69, 9.17) is 5.11 Å². The topological polar surface area (TPSA) is 111 Å². The lowest BCUT2D eigenvalue weighted by Crippen LogP contribution is -3.06. The molecule has 0 fully saturated rings. The Morgan fingerprint density at radius 1 is 1.40 bits per heavy atom. The molecule has 112 valence electrons. The first-order chi connectivity index (χ1) is 9.15. The molecule has 8 heteroatoms. The molecule has 20 heavy (non-hydrogen) atoms. The zero-order valence-corrected chi connectivity index (χ0v) is 12.4. The van der Waals surface area contributed by atoms with Gasteiger partial charge < -0.3 is 15.1 Å². The van der Waals surface area contributed by atoms with Crippen molar-refractivity contribution in [2.24, 2.45) is 0 Å². The molecule has 0 amide bonds. The number of carboxylic acids is 1.